The van der Waals surface area contributed by atoms with Crippen LogP contribution in [0.4, 0.5) is 0 Å². The first-order valence-corrected chi connectivity index (χ1v) is 7.10. The minimum absolute atomic E-state index is 0.122. The van der Waals surface area contributed by atoms with E-state index in [0.29, 0.717) is 6.54 Å². The summed E-state index contributed by atoms with van der Waals surface area (Å²) < 4.78 is 0. The number of thiophene rings is 1. The zero-order chi connectivity index (χ0) is 15.2. The molecule has 0 aliphatic carbocycles. The summed E-state index contributed by atoms with van der Waals surface area (Å²) in [4.78, 5) is 28.7. The summed E-state index contributed by atoms with van der Waals surface area (Å²) >= 11 is 1.48. The van der Waals surface area contributed by atoms with E-state index >= 15 is 0 Å². The first-order valence-electron chi connectivity index (χ1n) is 6.22. The van der Waals surface area contributed by atoms with Crippen LogP contribution in [0.5, 0.6) is 0 Å². The van der Waals surface area contributed by atoms with Crippen molar-refractivity contribution in [3.8, 4) is 11.8 Å². The van der Waals surface area contributed by atoms with Crippen LogP contribution in [-0.4, -0.2) is 34.6 Å². The number of pyridine rings is 1. The molecular weight excluding hydrogens is 288 g/mol. The van der Waals surface area contributed by atoms with Gasteiger partial charge in [0.1, 0.15) is 12.2 Å². The van der Waals surface area contributed by atoms with Gasteiger partial charge in [-0.15, -0.1) is 11.3 Å². The number of hydrogen-bond acceptors (Lipinski definition) is 4. The molecule has 2 aromatic rings. The quantitative estimate of drug-likeness (QED) is 0.832. The van der Waals surface area contributed by atoms with Crippen LogP contribution < -0.4 is 5.56 Å². The van der Waals surface area contributed by atoms with Gasteiger partial charge in [-0.3, -0.25) is 9.59 Å². The molecule has 0 atom stereocenters. The molecule has 0 saturated carbocycles. The molecule has 0 aliphatic rings. The molecule has 108 valence electrons. The molecule has 0 saturated heterocycles. The second kappa shape index (κ2) is 6.88. The number of nitrogens with one attached hydrogen (secondary N) is 1. The second-order valence-electron chi connectivity index (χ2n) is 4.34. The Balaban J connectivity index is 2.09. The number of nitrogens with zero attached hydrogens (tertiary/aromatic N) is 1. The van der Waals surface area contributed by atoms with E-state index in [1.807, 2.05) is 11.4 Å². The maximum Gasteiger partial charge on any atom is 0.260 e. The van der Waals surface area contributed by atoms with E-state index in [-0.39, 0.29) is 18.1 Å². The lowest BCUT2D eigenvalue weighted by molar-refractivity contribution is 0.0784. The van der Waals surface area contributed by atoms with Crippen LogP contribution in [0, 0.1) is 11.8 Å². The number of carbonyl (C=O) groups excluding carboxylic acids is 1. The summed E-state index contributed by atoms with van der Waals surface area (Å²) in [5.74, 6) is 5.06. The van der Waals surface area contributed by atoms with Crippen LogP contribution in [0.15, 0.2) is 34.6 Å². The van der Waals surface area contributed by atoms with Crippen molar-refractivity contribution in [2.45, 2.75) is 6.54 Å². The maximum atomic E-state index is 12.2. The number of aliphatic hydroxyl groups excluding tert-OH is 1. The molecule has 21 heavy (non-hydrogen) atoms. The predicted octanol–water partition coefficient (Wildman–Crippen LogP) is 1.05. The van der Waals surface area contributed by atoms with Gasteiger partial charge in [0.2, 0.25) is 0 Å². The Hall–Kier alpha value is -2.36. The standard InChI is InChI=1S/C15H14N2O3S/c1-17(15(20)13-5-2-6-16-14(13)19)9-12-8-11(10-21-12)4-3-7-18/h2,5-6,8,10,18H,7,9H2,1H3,(H,16,19). The molecule has 5 nitrogen and oxygen atoms in total. The smallest absolute Gasteiger partial charge is 0.260 e. The fraction of sp³-hybridized carbons (Fsp3) is 0.200. The van der Waals surface area contributed by atoms with Gasteiger partial charge in [-0.2, -0.15) is 0 Å². The number of carbonyl (C=O) groups is 1. The summed E-state index contributed by atoms with van der Waals surface area (Å²) in [7, 11) is 1.65. The largest absolute Gasteiger partial charge is 0.384 e. The average molecular weight is 302 g/mol. The van der Waals surface area contributed by atoms with Gasteiger partial charge in [-0.25, -0.2) is 0 Å². The van der Waals surface area contributed by atoms with Crippen molar-refractivity contribution in [2.75, 3.05) is 13.7 Å². The Kier molecular flexibility index (Phi) is 4.93. The molecule has 2 rings (SSSR count). The molecule has 0 bridgehead atoms. The van der Waals surface area contributed by atoms with Crippen molar-refractivity contribution in [2.24, 2.45) is 0 Å². The Morgan fingerprint density at radius 3 is 3.05 bits per heavy atom. The van der Waals surface area contributed by atoms with E-state index in [2.05, 4.69) is 16.8 Å². The molecule has 0 aromatic carbocycles. The maximum absolute atomic E-state index is 12.2. The minimum atomic E-state index is -0.393. The molecule has 0 fully saturated rings. The van der Waals surface area contributed by atoms with Gasteiger partial charge in [0.25, 0.3) is 11.5 Å². The van der Waals surface area contributed by atoms with E-state index < -0.39 is 5.56 Å². The van der Waals surface area contributed by atoms with Crippen LogP contribution in [0.1, 0.15) is 20.8 Å². The highest BCUT2D eigenvalue weighted by Gasteiger charge is 2.15. The summed E-state index contributed by atoms with van der Waals surface area (Å²) in [5, 5.41) is 10.5. The number of aromatic nitrogens is 1. The van der Waals surface area contributed by atoms with Crippen LogP contribution in [-0.2, 0) is 6.54 Å². The molecule has 0 spiro atoms. The van der Waals surface area contributed by atoms with Crippen LogP contribution in [0.2, 0.25) is 0 Å². The fourth-order valence-corrected chi connectivity index (χ4v) is 2.64. The molecule has 2 N–H and O–H groups in total. The average Bonchev–Trinajstić information content (AvgIpc) is 2.92. The van der Waals surface area contributed by atoms with E-state index in [0.717, 1.165) is 10.4 Å². The monoisotopic (exact) mass is 302 g/mol. The molecule has 0 aliphatic heterocycles. The normalized spacial score (nSPS) is 9.81. The van der Waals surface area contributed by atoms with Gasteiger partial charge in [0, 0.05) is 29.1 Å². The lowest BCUT2D eigenvalue weighted by Crippen LogP contribution is -2.30. The highest BCUT2D eigenvalue weighted by Crippen LogP contribution is 2.16. The van der Waals surface area contributed by atoms with Crippen molar-refractivity contribution < 1.29 is 9.90 Å². The van der Waals surface area contributed by atoms with Crippen molar-refractivity contribution >= 4 is 17.2 Å². The predicted molar refractivity (Wildman–Crippen MR) is 81.1 cm³/mol. The molecule has 2 aromatic heterocycles. The zero-order valence-electron chi connectivity index (χ0n) is 11.4. The number of H-pyrrole nitrogens is 1. The van der Waals surface area contributed by atoms with Gasteiger partial charge < -0.3 is 15.0 Å². The first-order chi connectivity index (χ1) is 10.1. The van der Waals surface area contributed by atoms with Crippen LogP contribution in [0.25, 0.3) is 0 Å². The molecule has 0 unspecified atom stereocenters. The molecule has 0 radical (unpaired) electrons. The lowest BCUT2D eigenvalue weighted by atomic mass is 10.2. The SMILES string of the molecule is CN(Cc1cc(C#CCO)cs1)C(=O)c1ccc[nH]c1=O. The van der Waals surface area contributed by atoms with Gasteiger partial charge in [0.15, 0.2) is 0 Å². The third-order valence-electron chi connectivity index (χ3n) is 2.75. The van der Waals surface area contributed by atoms with Crippen molar-refractivity contribution in [1.82, 2.24) is 9.88 Å². The number of rotatable bonds is 3. The lowest BCUT2D eigenvalue weighted by Gasteiger charge is -2.15. The topological polar surface area (TPSA) is 73.4 Å². The van der Waals surface area contributed by atoms with Crippen LogP contribution >= 0.6 is 11.3 Å². The van der Waals surface area contributed by atoms with Gasteiger partial charge in [-0.05, 0) is 18.2 Å². The number of hydrogen-bond donors (Lipinski definition) is 2. The number of aliphatic hydroxyl groups is 1. The Morgan fingerprint density at radius 2 is 2.33 bits per heavy atom. The third-order valence-corrected chi connectivity index (χ3v) is 3.68. The Morgan fingerprint density at radius 1 is 1.52 bits per heavy atom. The molecule has 1 amide bonds. The highest BCUT2D eigenvalue weighted by molar-refractivity contribution is 7.10. The first kappa shape index (κ1) is 15.0. The number of amides is 1. The zero-order valence-corrected chi connectivity index (χ0v) is 12.2. The van der Waals surface area contributed by atoms with Gasteiger partial charge in [-0.1, -0.05) is 11.8 Å². The molecular formula is C15H14N2O3S. The molecule has 2 heterocycles. The van der Waals surface area contributed by atoms with Gasteiger partial charge >= 0.3 is 0 Å². The summed E-state index contributed by atoms with van der Waals surface area (Å²) in [6.07, 6.45) is 1.49. The van der Waals surface area contributed by atoms with E-state index in [1.54, 1.807) is 13.1 Å². The Labute approximate surface area is 125 Å². The highest BCUT2D eigenvalue weighted by atomic mass is 32.1. The minimum Gasteiger partial charge on any atom is -0.384 e. The van der Waals surface area contributed by atoms with E-state index in [1.165, 1.54) is 28.5 Å². The van der Waals surface area contributed by atoms with E-state index in [4.69, 9.17) is 5.11 Å². The van der Waals surface area contributed by atoms with Gasteiger partial charge in [0.05, 0.1) is 6.54 Å². The fourth-order valence-electron chi connectivity index (χ4n) is 1.77. The summed E-state index contributed by atoms with van der Waals surface area (Å²) in [6.45, 7) is 0.221. The molecule has 6 heteroatoms. The third kappa shape index (κ3) is 3.81. The van der Waals surface area contributed by atoms with E-state index in [9.17, 15) is 9.59 Å². The van der Waals surface area contributed by atoms with Crippen molar-refractivity contribution in [3.63, 3.8) is 0 Å². The summed E-state index contributed by atoms with van der Waals surface area (Å²) in [6, 6.07) is 4.99. The summed E-state index contributed by atoms with van der Waals surface area (Å²) in [5.41, 5.74) is 0.536. The Bertz CT molecular complexity index is 752. The second-order valence-corrected chi connectivity index (χ2v) is 5.33. The van der Waals surface area contributed by atoms with Crippen molar-refractivity contribution in [1.29, 1.82) is 0 Å². The van der Waals surface area contributed by atoms with Crippen molar-refractivity contribution in [3.05, 3.63) is 56.1 Å². The number of aromatic amines is 1. The van der Waals surface area contributed by atoms with Crippen LogP contribution in [0.3, 0.4) is 0 Å².